The molecule has 0 fully saturated rings. The smallest absolute Gasteiger partial charge is 0.0669 e. The fourth-order valence-corrected chi connectivity index (χ4v) is 2.40. The SMILES string of the molecule is CCc1cc(C(Cc2ccc(C)cc2)NN)n(CC)n1. The molecule has 0 aliphatic carbocycles. The average molecular weight is 272 g/mol. The molecule has 0 aliphatic rings. The summed E-state index contributed by atoms with van der Waals surface area (Å²) in [6.07, 6.45) is 1.81. The summed E-state index contributed by atoms with van der Waals surface area (Å²) in [4.78, 5) is 0. The summed E-state index contributed by atoms with van der Waals surface area (Å²) in [6, 6.07) is 10.8. The maximum absolute atomic E-state index is 5.77. The topological polar surface area (TPSA) is 55.9 Å². The molecule has 0 spiro atoms. The van der Waals surface area contributed by atoms with Gasteiger partial charge in [0.25, 0.3) is 0 Å². The summed E-state index contributed by atoms with van der Waals surface area (Å²) in [6.45, 7) is 7.19. The highest BCUT2D eigenvalue weighted by molar-refractivity contribution is 5.24. The zero-order valence-electron chi connectivity index (χ0n) is 12.6. The number of hydrogen-bond donors (Lipinski definition) is 2. The highest BCUT2D eigenvalue weighted by Gasteiger charge is 2.16. The molecule has 2 aromatic rings. The first-order valence-corrected chi connectivity index (χ1v) is 7.26. The van der Waals surface area contributed by atoms with Crippen LogP contribution in [0.5, 0.6) is 0 Å². The summed E-state index contributed by atoms with van der Waals surface area (Å²) in [5.41, 5.74) is 7.76. The van der Waals surface area contributed by atoms with E-state index < -0.39 is 0 Å². The van der Waals surface area contributed by atoms with Crippen LogP contribution < -0.4 is 11.3 Å². The molecule has 3 N–H and O–H groups in total. The van der Waals surface area contributed by atoms with Crippen LogP contribution in [-0.4, -0.2) is 9.78 Å². The van der Waals surface area contributed by atoms with Crippen LogP contribution in [0.2, 0.25) is 0 Å². The van der Waals surface area contributed by atoms with Crippen molar-refractivity contribution in [3.05, 3.63) is 52.8 Å². The van der Waals surface area contributed by atoms with E-state index in [0.717, 1.165) is 30.8 Å². The van der Waals surface area contributed by atoms with E-state index >= 15 is 0 Å². The largest absolute Gasteiger partial charge is 0.271 e. The summed E-state index contributed by atoms with van der Waals surface area (Å²) in [7, 11) is 0. The Morgan fingerprint density at radius 3 is 2.50 bits per heavy atom. The van der Waals surface area contributed by atoms with E-state index in [9.17, 15) is 0 Å². The Kier molecular flexibility index (Phi) is 4.93. The zero-order valence-corrected chi connectivity index (χ0v) is 12.6. The number of hydrazine groups is 1. The van der Waals surface area contributed by atoms with Gasteiger partial charge in [-0.3, -0.25) is 16.0 Å². The molecule has 0 amide bonds. The molecule has 1 aromatic heterocycles. The molecule has 0 radical (unpaired) electrons. The van der Waals surface area contributed by atoms with Gasteiger partial charge in [0, 0.05) is 6.54 Å². The van der Waals surface area contributed by atoms with Gasteiger partial charge in [0.05, 0.1) is 17.4 Å². The van der Waals surface area contributed by atoms with Crippen LogP contribution in [0.25, 0.3) is 0 Å². The molecule has 4 nitrogen and oxygen atoms in total. The van der Waals surface area contributed by atoms with Gasteiger partial charge in [-0.05, 0) is 38.3 Å². The van der Waals surface area contributed by atoms with Crippen molar-refractivity contribution in [2.45, 2.75) is 46.2 Å². The van der Waals surface area contributed by atoms with E-state index in [4.69, 9.17) is 5.84 Å². The number of nitrogens with zero attached hydrogens (tertiary/aromatic N) is 2. The van der Waals surface area contributed by atoms with E-state index in [1.54, 1.807) is 0 Å². The van der Waals surface area contributed by atoms with Crippen LogP contribution in [-0.2, 0) is 19.4 Å². The van der Waals surface area contributed by atoms with Crippen LogP contribution in [0.4, 0.5) is 0 Å². The van der Waals surface area contributed by atoms with Crippen molar-refractivity contribution in [3.63, 3.8) is 0 Å². The van der Waals surface area contributed by atoms with Gasteiger partial charge in [0.1, 0.15) is 0 Å². The molecule has 108 valence electrons. The van der Waals surface area contributed by atoms with Crippen molar-refractivity contribution in [2.75, 3.05) is 0 Å². The highest BCUT2D eigenvalue weighted by atomic mass is 15.3. The lowest BCUT2D eigenvalue weighted by molar-refractivity contribution is 0.490. The maximum atomic E-state index is 5.77. The molecule has 0 saturated carbocycles. The van der Waals surface area contributed by atoms with Crippen molar-refractivity contribution in [1.29, 1.82) is 0 Å². The van der Waals surface area contributed by atoms with Crippen LogP contribution in [0, 0.1) is 6.92 Å². The fourth-order valence-electron chi connectivity index (χ4n) is 2.40. The van der Waals surface area contributed by atoms with E-state index in [-0.39, 0.29) is 6.04 Å². The van der Waals surface area contributed by atoms with E-state index in [1.807, 2.05) is 4.68 Å². The van der Waals surface area contributed by atoms with Crippen molar-refractivity contribution in [3.8, 4) is 0 Å². The Balaban J connectivity index is 2.23. The Morgan fingerprint density at radius 2 is 1.95 bits per heavy atom. The minimum absolute atomic E-state index is 0.0884. The molecular weight excluding hydrogens is 248 g/mol. The molecule has 0 aliphatic heterocycles. The number of nitrogens with two attached hydrogens (primary N) is 1. The van der Waals surface area contributed by atoms with Crippen molar-refractivity contribution >= 4 is 0 Å². The van der Waals surface area contributed by atoms with Gasteiger partial charge < -0.3 is 0 Å². The molecular formula is C16H24N4. The molecule has 1 atom stereocenters. The van der Waals surface area contributed by atoms with Crippen LogP contribution in [0.1, 0.15) is 42.4 Å². The molecule has 2 rings (SSSR count). The van der Waals surface area contributed by atoms with Gasteiger partial charge >= 0.3 is 0 Å². The van der Waals surface area contributed by atoms with Crippen molar-refractivity contribution in [1.82, 2.24) is 15.2 Å². The Morgan fingerprint density at radius 1 is 1.25 bits per heavy atom. The second-order valence-electron chi connectivity index (χ2n) is 5.14. The summed E-state index contributed by atoms with van der Waals surface area (Å²) in [5.74, 6) is 5.77. The van der Waals surface area contributed by atoms with Crippen LogP contribution in [0.15, 0.2) is 30.3 Å². The first-order valence-electron chi connectivity index (χ1n) is 7.26. The third kappa shape index (κ3) is 3.26. The lowest BCUT2D eigenvalue weighted by Gasteiger charge is -2.17. The predicted molar refractivity (Wildman–Crippen MR) is 82.2 cm³/mol. The second-order valence-corrected chi connectivity index (χ2v) is 5.14. The van der Waals surface area contributed by atoms with E-state index in [0.29, 0.717) is 0 Å². The van der Waals surface area contributed by atoms with Gasteiger partial charge in [-0.15, -0.1) is 0 Å². The first-order chi connectivity index (χ1) is 9.67. The van der Waals surface area contributed by atoms with Gasteiger partial charge in [-0.1, -0.05) is 36.8 Å². The molecule has 1 aromatic carbocycles. The van der Waals surface area contributed by atoms with E-state index in [2.05, 4.69) is 61.6 Å². The lowest BCUT2D eigenvalue weighted by atomic mass is 10.0. The quantitative estimate of drug-likeness (QED) is 0.627. The highest BCUT2D eigenvalue weighted by Crippen LogP contribution is 2.19. The molecule has 0 bridgehead atoms. The molecule has 1 unspecified atom stereocenters. The van der Waals surface area contributed by atoms with Gasteiger partial charge in [-0.2, -0.15) is 5.10 Å². The maximum Gasteiger partial charge on any atom is 0.0669 e. The number of hydrogen-bond acceptors (Lipinski definition) is 3. The van der Waals surface area contributed by atoms with Gasteiger partial charge in [-0.25, -0.2) is 0 Å². The van der Waals surface area contributed by atoms with Crippen LogP contribution in [0.3, 0.4) is 0 Å². The van der Waals surface area contributed by atoms with Gasteiger partial charge in [0.15, 0.2) is 0 Å². The Hall–Kier alpha value is -1.65. The number of nitrogens with one attached hydrogen (secondary N) is 1. The molecule has 0 saturated heterocycles. The standard InChI is InChI=1S/C16H24N4/c1-4-14-11-16(20(5-2)19-14)15(18-17)10-13-8-6-12(3)7-9-13/h6-9,11,15,18H,4-5,10,17H2,1-3H3. The average Bonchev–Trinajstić information content (AvgIpc) is 2.90. The fraction of sp³-hybridized carbons (Fsp3) is 0.438. The number of aryl methyl sites for hydroxylation is 3. The summed E-state index contributed by atoms with van der Waals surface area (Å²) in [5, 5.41) is 4.59. The monoisotopic (exact) mass is 272 g/mol. The number of benzene rings is 1. The van der Waals surface area contributed by atoms with Gasteiger partial charge in [0.2, 0.25) is 0 Å². The zero-order chi connectivity index (χ0) is 14.5. The normalized spacial score (nSPS) is 12.6. The summed E-state index contributed by atoms with van der Waals surface area (Å²) >= 11 is 0. The number of rotatable bonds is 6. The Bertz CT molecular complexity index is 542. The first kappa shape index (κ1) is 14.8. The molecule has 1 heterocycles. The minimum atomic E-state index is 0.0884. The van der Waals surface area contributed by atoms with Crippen molar-refractivity contribution in [2.24, 2.45) is 5.84 Å². The third-order valence-corrected chi connectivity index (χ3v) is 3.64. The number of aromatic nitrogens is 2. The molecule has 4 heteroatoms. The third-order valence-electron chi connectivity index (χ3n) is 3.64. The molecule has 20 heavy (non-hydrogen) atoms. The predicted octanol–water partition coefficient (Wildman–Crippen LogP) is 2.52. The summed E-state index contributed by atoms with van der Waals surface area (Å²) < 4.78 is 2.04. The minimum Gasteiger partial charge on any atom is -0.271 e. The Labute approximate surface area is 121 Å². The van der Waals surface area contributed by atoms with E-state index in [1.165, 1.54) is 11.1 Å². The lowest BCUT2D eigenvalue weighted by Crippen LogP contribution is -2.31. The van der Waals surface area contributed by atoms with Crippen LogP contribution >= 0.6 is 0 Å². The second kappa shape index (κ2) is 6.68. The van der Waals surface area contributed by atoms with Crippen molar-refractivity contribution < 1.29 is 0 Å².